The first kappa shape index (κ1) is 9.77. The van der Waals surface area contributed by atoms with Crippen molar-refractivity contribution in [2.45, 2.75) is 5.75 Å². The van der Waals surface area contributed by atoms with Crippen molar-refractivity contribution in [1.82, 2.24) is 9.97 Å². The van der Waals surface area contributed by atoms with E-state index >= 15 is 0 Å². The predicted octanol–water partition coefficient (Wildman–Crippen LogP) is 1.36. The Labute approximate surface area is 80.2 Å². The molecule has 1 N–H and O–H groups in total. The Bertz CT molecular complexity index is 229. The number of aliphatic hydroxyl groups is 1. The van der Waals surface area contributed by atoms with Gasteiger partial charge in [-0.15, -0.1) is 0 Å². The van der Waals surface area contributed by atoms with Gasteiger partial charge in [-0.1, -0.05) is 11.6 Å². The van der Waals surface area contributed by atoms with Crippen molar-refractivity contribution < 1.29 is 5.11 Å². The van der Waals surface area contributed by atoms with E-state index in [9.17, 15) is 0 Å². The van der Waals surface area contributed by atoms with Crippen molar-refractivity contribution >= 4 is 23.4 Å². The van der Waals surface area contributed by atoms with E-state index in [0.717, 1.165) is 17.2 Å². The van der Waals surface area contributed by atoms with Crippen LogP contribution in [0, 0.1) is 0 Å². The topological polar surface area (TPSA) is 46.0 Å². The Kier molecular flexibility index (Phi) is 4.35. The van der Waals surface area contributed by atoms with Crippen molar-refractivity contribution in [3.8, 4) is 0 Å². The van der Waals surface area contributed by atoms with Crippen LogP contribution in [0.25, 0.3) is 0 Å². The van der Waals surface area contributed by atoms with Crippen molar-refractivity contribution in [1.29, 1.82) is 0 Å². The molecule has 1 aromatic rings. The Morgan fingerprint density at radius 3 is 2.83 bits per heavy atom. The monoisotopic (exact) mass is 204 g/mol. The molecule has 0 fully saturated rings. The fourth-order valence-electron chi connectivity index (χ4n) is 0.655. The third kappa shape index (κ3) is 3.38. The lowest BCUT2D eigenvalue weighted by Crippen LogP contribution is -1.91. The van der Waals surface area contributed by atoms with Crippen molar-refractivity contribution in [2.75, 3.05) is 12.4 Å². The second kappa shape index (κ2) is 5.35. The smallest absolute Gasteiger partial charge is 0.147 e. The van der Waals surface area contributed by atoms with Gasteiger partial charge in [0.15, 0.2) is 0 Å². The lowest BCUT2D eigenvalue weighted by molar-refractivity contribution is 0.322. The maximum absolute atomic E-state index is 8.51. The Morgan fingerprint density at radius 2 is 2.25 bits per heavy atom. The minimum Gasteiger partial charge on any atom is -0.396 e. The molecule has 0 spiro atoms. The first-order valence-corrected chi connectivity index (χ1v) is 5.01. The molecule has 0 atom stereocenters. The zero-order valence-electron chi connectivity index (χ0n) is 6.40. The highest BCUT2D eigenvalue weighted by Crippen LogP contribution is 2.09. The Balaban J connectivity index is 2.37. The van der Waals surface area contributed by atoms with E-state index < -0.39 is 0 Å². The quantitative estimate of drug-likeness (QED) is 0.753. The zero-order valence-corrected chi connectivity index (χ0v) is 7.98. The van der Waals surface area contributed by atoms with E-state index in [4.69, 9.17) is 16.7 Å². The summed E-state index contributed by atoms with van der Waals surface area (Å²) >= 11 is 7.17. The Morgan fingerprint density at radius 1 is 1.42 bits per heavy atom. The number of rotatable bonds is 4. The minimum atomic E-state index is 0.200. The number of aromatic nitrogens is 2. The third-order valence-corrected chi connectivity index (χ3v) is 2.33. The largest absolute Gasteiger partial charge is 0.396 e. The van der Waals surface area contributed by atoms with E-state index in [1.54, 1.807) is 18.0 Å². The SMILES string of the molecule is OCCSCc1cnc(Cl)cn1. The van der Waals surface area contributed by atoms with Crippen LogP contribution in [0.3, 0.4) is 0 Å². The third-order valence-electron chi connectivity index (χ3n) is 1.16. The van der Waals surface area contributed by atoms with Crippen LogP contribution in [-0.4, -0.2) is 27.4 Å². The van der Waals surface area contributed by atoms with Gasteiger partial charge in [-0.3, -0.25) is 4.98 Å². The highest BCUT2D eigenvalue weighted by molar-refractivity contribution is 7.98. The molecule has 0 aliphatic carbocycles. The molecule has 0 aromatic carbocycles. The molecule has 0 saturated carbocycles. The number of thioether (sulfide) groups is 1. The highest BCUT2D eigenvalue weighted by atomic mass is 35.5. The van der Waals surface area contributed by atoms with Crippen LogP contribution in [0.4, 0.5) is 0 Å². The summed E-state index contributed by atoms with van der Waals surface area (Å²) in [5, 5.41) is 8.92. The molecule has 0 bridgehead atoms. The summed E-state index contributed by atoms with van der Waals surface area (Å²) in [6.07, 6.45) is 3.17. The van der Waals surface area contributed by atoms with Gasteiger partial charge in [0.05, 0.1) is 24.7 Å². The lowest BCUT2D eigenvalue weighted by atomic mass is 10.5. The van der Waals surface area contributed by atoms with Gasteiger partial charge in [-0.2, -0.15) is 11.8 Å². The number of aliphatic hydroxyl groups excluding tert-OH is 1. The van der Waals surface area contributed by atoms with Crippen LogP contribution >= 0.6 is 23.4 Å². The van der Waals surface area contributed by atoms with Crippen LogP contribution in [0.2, 0.25) is 5.15 Å². The van der Waals surface area contributed by atoms with Gasteiger partial charge in [0.25, 0.3) is 0 Å². The molecule has 1 rings (SSSR count). The first-order chi connectivity index (χ1) is 5.83. The summed E-state index contributed by atoms with van der Waals surface area (Å²) < 4.78 is 0. The van der Waals surface area contributed by atoms with Crippen LogP contribution in [0.1, 0.15) is 5.69 Å². The lowest BCUT2D eigenvalue weighted by Gasteiger charge is -1.97. The highest BCUT2D eigenvalue weighted by Gasteiger charge is 1.95. The van der Waals surface area contributed by atoms with Crippen LogP contribution in [0.15, 0.2) is 12.4 Å². The summed E-state index contributed by atoms with van der Waals surface area (Å²) in [4.78, 5) is 7.94. The van der Waals surface area contributed by atoms with Gasteiger partial charge >= 0.3 is 0 Å². The molecule has 12 heavy (non-hydrogen) atoms. The van der Waals surface area contributed by atoms with E-state index in [2.05, 4.69) is 9.97 Å². The minimum absolute atomic E-state index is 0.200. The average molecular weight is 205 g/mol. The molecule has 5 heteroatoms. The molecule has 0 radical (unpaired) electrons. The van der Waals surface area contributed by atoms with Crippen molar-refractivity contribution in [3.05, 3.63) is 23.2 Å². The van der Waals surface area contributed by atoms with Gasteiger partial charge in [-0.05, 0) is 0 Å². The summed E-state index contributed by atoms with van der Waals surface area (Å²) in [5.74, 6) is 1.50. The van der Waals surface area contributed by atoms with E-state index in [-0.39, 0.29) is 6.61 Å². The molecular formula is C7H9ClN2OS. The maximum atomic E-state index is 8.51. The standard InChI is InChI=1S/C7H9ClN2OS/c8-7-4-9-6(3-10-7)5-12-2-1-11/h3-4,11H,1-2,5H2. The summed E-state index contributed by atoms with van der Waals surface area (Å²) in [6, 6.07) is 0. The van der Waals surface area contributed by atoms with Gasteiger partial charge in [-0.25, -0.2) is 4.98 Å². The summed E-state index contributed by atoms with van der Waals surface area (Å²) in [5.41, 5.74) is 0.887. The molecule has 1 aromatic heterocycles. The number of hydrogen-bond acceptors (Lipinski definition) is 4. The molecule has 66 valence electrons. The van der Waals surface area contributed by atoms with Crippen LogP contribution < -0.4 is 0 Å². The molecule has 0 saturated heterocycles. The molecule has 0 aliphatic rings. The fraction of sp³-hybridized carbons (Fsp3) is 0.429. The predicted molar refractivity (Wildman–Crippen MR) is 50.3 cm³/mol. The van der Waals surface area contributed by atoms with Crippen molar-refractivity contribution in [3.63, 3.8) is 0 Å². The average Bonchev–Trinajstić information content (AvgIpc) is 2.09. The molecular weight excluding hydrogens is 196 g/mol. The van der Waals surface area contributed by atoms with E-state index in [1.807, 2.05) is 0 Å². The van der Waals surface area contributed by atoms with E-state index in [0.29, 0.717) is 5.15 Å². The fourth-order valence-corrected chi connectivity index (χ4v) is 1.38. The second-order valence-electron chi connectivity index (χ2n) is 2.11. The second-order valence-corrected chi connectivity index (χ2v) is 3.60. The van der Waals surface area contributed by atoms with Gasteiger partial charge in [0.1, 0.15) is 5.15 Å². The molecule has 0 amide bonds. The van der Waals surface area contributed by atoms with Crippen molar-refractivity contribution in [2.24, 2.45) is 0 Å². The van der Waals surface area contributed by atoms with E-state index in [1.165, 1.54) is 6.20 Å². The molecule has 0 unspecified atom stereocenters. The van der Waals surface area contributed by atoms with Gasteiger partial charge in [0.2, 0.25) is 0 Å². The molecule has 0 aliphatic heterocycles. The Hall–Kier alpha value is -0.320. The normalized spacial score (nSPS) is 10.2. The number of nitrogens with zero attached hydrogens (tertiary/aromatic N) is 2. The first-order valence-electron chi connectivity index (χ1n) is 3.48. The maximum Gasteiger partial charge on any atom is 0.147 e. The number of halogens is 1. The van der Waals surface area contributed by atoms with Gasteiger partial charge in [0, 0.05) is 11.5 Å². The summed E-state index contributed by atoms with van der Waals surface area (Å²) in [7, 11) is 0. The summed E-state index contributed by atoms with van der Waals surface area (Å²) in [6.45, 7) is 0.200. The molecule has 3 nitrogen and oxygen atoms in total. The zero-order chi connectivity index (χ0) is 8.81. The van der Waals surface area contributed by atoms with Gasteiger partial charge < -0.3 is 5.11 Å². The van der Waals surface area contributed by atoms with Crippen LogP contribution in [0.5, 0.6) is 0 Å². The molecule has 1 heterocycles. The number of hydrogen-bond donors (Lipinski definition) is 1. The van der Waals surface area contributed by atoms with Crippen LogP contribution in [-0.2, 0) is 5.75 Å².